The Kier molecular flexibility index (Phi) is 5.10. The number of hydrogen-bond donors (Lipinski definition) is 1. The molecule has 2 aromatic rings. The molecule has 0 unspecified atom stereocenters. The molecule has 0 aliphatic rings. The van der Waals surface area contributed by atoms with Gasteiger partial charge in [0.1, 0.15) is 11.6 Å². The number of aryl methyl sites for hydroxylation is 2. The van der Waals surface area contributed by atoms with Gasteiger partial charge in [0, 0.05) is 6.54 Å². The van der Waals surface area contributed by atoms with E-state index in [0.29, 0.717) is 6.54 Å². The van der Waals surface area contributed by atoms with Gasteiger partial charge in [0.05, 0.1) is 0 Å². The maximum atomic E-state index is 13.6. The SMILES string of the molecule is Cc1ccc(F)cc1C(=CCNCl)c1cc(F)ccc1C. The molecule has 0 aliphatic heterocycles. The molecule has 0 atom stereocenters. The molecule has 0 aromatic heterocycles. The molecule has 0 radical (unpaired) electrons. The highest BCUT2D eigenvalue weighted by atomic mass is 35.5. The first-order valence-electron chi connectivity index (χ1n) is 6.59. The zero-order chi connectivity index (χ0) is 15.4. The van der Waals surface area contributed by atoms with Gasteiger partial charge in [-0.15, -0.1) is 0 Å². The van der Waals surface area contributed by atoms with E-state index in [1.807, 2.05) is 19.9 Å². The molecule has 1 N–H and O–H groups in total. The maximum absolute atomic E-state index is 13.6. The van der Waals surface area contributed by atoms with Crippen LogP contribution in [-0.2, 0) is 0 Å². The average molecular weight is 308 g/mol. The lowest BCUT2D eigenvalue weighted by molar-refractivity contribution is 0.626. The van der Waals surface area contributed by atoms with Gasteiger partial charge in [0.2, 0.25) is 0 Å². The van der Waals surface area contributed by atoms with E-state index in [1.165, 1.54) is 24.3 Å². The predicted molar refractivity (Wildman–Crippen MR) is 83.2 cm³/mol. The molecule has 0 fully saturated rings. The molecule has 0 bridgehead atoms. The minimum absolute atomic E-state index is 0.325. The lowest BCUT2D eigenvalue weighted by atomic mass is 9.91. The fraction of sp³-hybridized carbons (Fsp3) is 0.176. The van der Waals surface area contributed by atoms with Crippen LogP contribution in [0.4, 0.5) is 8.78 Å². The van der Waals surface area contributed by atoms with Crippen molar-refractivity contribution in [2.24, 2.45) is 0 Å². The second-order valence-electron chi connectivity index (χ2n) is 4.87. The zero-order valence-corrected chi connectivity index (χ0v) is 12.6. The first-order valence-corrected chi connectivity index (χ1v) is 6.97. The Morgan fingerprint density at radius 1 is 1.00 bits per heavy atom. The zero-order valence-electron chi connectivity index (χ0n) is 11.9. The van der Waals surface area contributed by atoms with Gasteiger partial charge in [-0.1, -0.05) is 18.2 Å². The molecule has 0 amide bonds. The molecule has 0 saturated carbocycles. The van der Waals surface area contributed by atoms with E-state index >= 15 is 0 Å². The van der Waals surface area contributed by atoms with E-state index in [-0.39, 0.29) is 11.6 Å². The van der Waals surface area contributed by atoms with E-state index in [4.69, 9.17) is 11.8 Å². The quantitative estimate of drug-likeness (QED) is 0.803. The third kappa shape index (κ3) is 3.69. The first-order chi connectivity index (χ1) is 10.0. The monoisotopic (exact) mass is 307 g/mol. The number of rotatable bonds is 4. The molecule has 0 spiro atoms. The van der Waals surface area contributed by atoms with Gasteiger partial charge < -0.3 is 0 Å². The van der Waals surface area contributed by atoms with Crippen LogP contribution in [-0.4, -0.2) is 6.54 Å². The van der Waals surface area contributed by atoms with Crippen LogP contribution in [0.1, 0.15) is 22.3 Å². The number of hydrogen-bond acceptors (Lipinski definition) is 1. The maximum Gasteiger partial charge on any atom is 0.123 e. The summed E-state index contributed by atoms with van der Waals surface area (Å²) in [6.45, 7) is 4.18. The highest BCUT2D eigenvalue weighted by Crippen LogP contribution is 2.29. The van der Waals surface area contributed by atoms with Gasteiger partial charge in [-0.3, -0.25) is 0 Å². The second kappa shape index (κ2) is 6.83. The van der Waals surface area contributed by atoms with E-state index in [1.54, 1.807) is 12.1 Å². The van der Waals surface area contributed by atoms with Crippen molar-refractivity contribution < 1.29 is 8.78 Å². The Morgan fingerprint density at radius 2 is 1.48 bits per heavy atom. The van der Waals surface area contributed by atoms with E-state index in [9.17, 15) is 8.78 Å². The van der Waals surface area contributed by atoms with Crippen molar-refractivity contribution in [3.63, 3.8) is 0 Å². The summed E-state index contributed by atoms with van der Waals surface area (Å²) in [4.78, 5) is 2.51. The lowest BCUT2D eigenvalue weighted by Gasteiger charge is -2.14. The van der Waals surface area contributed by atoms with Crippen molar-refractivity contribution in [3.05, 3.63) is 76.4 Å². The molecule has 4 heteroatoms. The van der Waals surface area contributed by atoms with Gasteiger partial charge >= 0.3 is 0 Å². The van der Waals surface area contributed by atoms with Gasteiger partial charge in [0.25, 0.3) is 0 Å². The first kappa shape index (κ1) is 15.7. The average Bonchev–Trinajstić information content (AvgIpc) is 2.46. The van der Waals surface area contributed by atoms with Gasteiger partial charge in [-0.25, -0.2) is 13.6 Å². The van der Waals surface area contributed by atoms with Crippen LogP contribution >= 0.6 is 11.8 Å². The largest absolute Gasteiger partial charge is 0.230 e. The summed E-state index contributed by atoms with van der Waals surface area (Å²) in [5.74, 6) is -0.649. The van der Waals surface area contributed by atoms with E-state index in [0.717, 1.165) is 27.8 Å². The Bertz CT molecular complexity index is 627. The molecule has 2 rings (SSSR count). The highest BCUT2D eigenvalue weighted by molar-refractivity contribution is 6.13. The third-order valence-corrected chi connectivity index (χ3v) is 3.52. The van der Waals surface area contributed by atoms with Gasteiger partial charge in [-0.2, -0.15) is 0 Å². The van der Waals surface area contributed by atoms with E-state index < -0.39 is 0 Å². The van der Waals surface area contributed by atoms with Crippen LogP contribution < -0.4 is 4.84 Å². The second-order valence-corrected chi connectivity index (χ2v) is 5.14. The highest BCUT2D eigenvalue weighted by Gasteiger charge is 2.12. The summed E-state index contributed by atoms with van der Waals surface area (Å²) in [5.41, 5.74) is 4.06. The fourth-order valence-electron chi connectivity index (χ4n) is 2.27. The predicted octanol–water partition coefficient (Wildman–Crippen LogP) is 4.76. The smallest absolute Gasteiger partial charge is 0.123 e. The molecule has 0 saturated heterocycles. The topological polar surface area (TPSA) is 12.0 Å². The van der Waals surface area contributed by atoms with Crippen LogP contribution in [0.2, 0.25) is 0 Å². The van der Waals surface area contributed by atoms with Crippen LogP contribution in [0.15, 0.2) is 42.5 Å². The van der Waals surface area contributed by atoms with Crippen molar-refractivity contribution in [1.29, 1.82) is 0 Å². The molecule has 1 nitrogen and oxygen atoms in total. The summed E-state index contributed by atoms with van der Waals surface area (Å²) in [7, 11) is 0. The van der Waals surface area contributed by atoms with Crippen LogP contribution in [0, 0.1) is 25.5 Å². The van der Waals surface area contributed by atoms with Crippen LogP contribution in [0.25, 0.3) is 5.57 Å². The van der Waals surface area contributed by atoms with Crippen LogP contribution in [0.5, 0.6) is 0 Å². The fourth-order valence-corrected chi connectivity index (χ4v) is 2.35. The van der Waals surface area contributed by atoms with Crippen molar-refractivity contribution in [2.75, 3.05) is 6.54 Å². The third-order valence-electron chi connectivity index (χ3n) is 3.36. The summed E-state index contributed by atoms with van der Waals surface area (Å²) in [6, 6.07) is 9.16. The van der Waals surface area contributed by atoms with Crippen molar-refractivity contribution >= 4 is 17.3 Å². The van der Waals surface area contributed by atoms with E-state index in [2.05, 4.69) is 4.84 Å². The molecular weight excluding hydrogens is 292 g/mol. The minimum atomic E-state index is -0.325. The number of nitrogens with one attached hydrogen (secondary N) is 1. The van der Waals surface area contributed by atoms with Crippen molar-refractivity contribution in [3.8, 4) is 0 Å². The summed E-state index contributed by atoms with van der Waals surface area (Å²) in [6.07, 6.45) is 1.83. The molecular formula is C17H16ClF2N. The standard InChI is InChI=1S/C17H16ClF2N/c1-11-3-5-13(19)9-16(11)15(7-8-21-18)17-10-14(20)6-4-12(17)2/h3-7,9-10,21H,8H2,1-2H3. The number of benzene rings is 2. The van der Waals surface area contributed by atoms with Crippen molar-refractivity contribution in [2.45, 2.75) is 13.8 Å². The number of halogens is 3. The normalized spacial score (nSPS) is 10.5. The van der Waals surface area contributed by atoms with Crippen molar-refractivity contribution in [1.82, 2.24) is 4.84 Å². The minimum Gasteiger partial charge on any atom is -0.230 e. The van der Waals surface area contributed by atoms with Gasteiger partial charge in [0.15, 0.2) is 0 Å². The molecule has 2 aromatic carbocycles. The van der Waals surface area contributed by atoms with Gasteiger partial charge in [-0.05, 0) is 77.7 Å². The molecule has 21 heavy (non-hydrogen) atoms. The Morgan fingerprint density at radius 3 is 1.90 bits per heavy atom. The summed E-state index contributed by atoms with van der Waals surface area (Å²) in [5, 5.41) is 0. The summed E-state index contributed by atoms with van der Waals surface area (Å²) < 4.78 is 27.2. The molecule has 110 valence electrons. The Balaban J connectivity index is 2.64. The summed E-state index contributed by atoms with van der Waals surface area (Å²) >= 11 is 5.52. The Hall–Kier alpha value is -1.71. The Labute approximate surface area is 128 Å². The van der Waals surface area contributed by atoms with Crippen LogP contribution in [0.3, 0.4) is 0 Å². The molecule has 0 heterocycles. The molecule has 0 aliphatic carbocycles. The lowest BCUT2D eigenvalue weighted by Crippen LogP contribution is -2.02.